The molecule has 2 fully saturated rings. The zero-order chi connectivity index (χ0) is 25.5. The second-order valence-electron chi connectivity index (χ2n) is 10.4. The number of ether oxygens (including phenoxy) is 1. The van der Waals surface area contributed by atoms with Crippen molar-refractivity contribution < 1.29 is 9.53 Å². The van der Waals surface area contributed by atoms with Crippen molar-refractivity contribution >= 4 is 23.2 Å². The molecule has 2 bridgehead atoms. The Hall–Kier alpha value is -3.19. The highest BCUT2D eigenvalue weighted by Crippen LogP contribution is 2.30. The first-order chi connectivity index (χ1) is 18.0. The van der Waals surface area contributed by atoms with Gasteiger partial charge in [0.25, 0.3) is 5.91 Å². The Kier molecular flexibility index (Phi) is 6.49. The number of piperazine rings is 1. The average molecular weight is 515 g/mol. The maximum absolute atomic E-state index is 13.7. The molecule has 1 amide bonds. The van der Waals surface area contributed by atoms with Gasteiger partial charge >= 0.3 is 0 Å². The van der Waals surface area contributed by atoms with Crippen LogP contribution in [0.2, 0.25) is 5.02 Å². The summed E-state index contributed by atoms with van der Waals surface area (Å²) in [5.74, 6) is 0.491. The molecular formula is C30H31ClN4O2. The van der Waals surface area contributed by atoms with E-state index in [2.05, 4.69) is 40.3 Å². The molecule has 0 N–H and O–H groups in total. The fourth-order valence-corrected chi connectivity index (χ4v) is 5.77. The van der Waals surface area contributed by atoms with Gasteiger partial charge in [-0.15, -0.1) is 0 Å². The SMILES string of the molecule is CC(C)c1cccc(C(=O)N2C3COCC2CN(Cc2c(-c4ccc(Cl)cc4)nc4ccccn24)C3)c1. The largest absolute Gasteiger partial charge is 0.377 e. The van der Waals surface area contributed by atoms with E-state index < -0.39 is 0 Å². The van der Waals surface area contributed by atoms with E-state index in [4.69, 9.17) is 21.3 Å². The van der Waals surface area contributed by atoms with Crippen molar-refractivity contribution in [2.45, 2.75) is 38.4 Å². The molecule has 37 heavy (non-hydrogen) atoms. The molecule has 7 heteroatoms. The summed E-state index contributed by atoms with van der Waals surface area (Å²) in [7, 11) is 0. The summed E-state index contributed by atoms with van der Waals surface area (Å²) in [5, 5.41) is 0.710. The fraction of sp³-hybridized carbons (Fsp3) is 0.333. The first kappa shape index (κ1) is 24.2. The van der Waals surface area contributed by atoms with Gasteiger partial charge < -0.3 is 14.0 Å². The number of nitrogens with zero attached hydrogens (tertiary/aromatic N) is 4. The molecule has 2 unspecified atom stereocenters. The summed E-state index contributed by atoms with van der Waals surface area (Å²) in [6, 6.07) is 22.1. The summed E-state index contributed by atoms with van der Waals surface area (Å²) in [4.78, 5) is 23.2. The van der Waals surface area contributed by atoms with Crippen LogP contribution in [-0.2, 0) is 11.3 Å². The Labute approximate surface area is 222 Å². The van der Waals surface area contributed by atoms with Crippen molar-refractivity contribution in [1.29, 1.82) is 0 Å². The van der Waals surface area contributed by atoms with Gasteiger partial charge in [0.15, 0.2) is 0 Å². The second-order valence-corrected chi connectivity index (χ2v) is 10.8. The number of carbonyl (C=O) groups is 1. The molecular weight excluding hydrogens is 484 g/mol. The lowest BCUT2D eigenvalue weighted by atomic mass is 9.98. The predicted molar refractivity (Wildman–Crippen MR) is 146 cm³/mol. The maximum atomic E-state index is 13.7. The molecule has 4 aromatic rings. The van der Waals surface area contributed by atoms with Crippen LogP contribution in [-0.4, -0.2) is 63.5 Å². The molecule has 2 aliphatic heterocycles. The quantitative estimate of drug-likeness (QED) is 0.353. The average Bonchev–Trinajstić information content (AvgIpc) is 3.26. The van der Waals surface area contributed by atoms with Crippen LogP contribution < -0.4 is 0 Å². The van der Waals surface area contributed by atoms with Crippen LogP contribution in [0.25, 0.3) is 16.9 Å². The zero-order valence-electron chi connectivity index (χ0n) is 21.2. The highest BCUT2D eigenvalue weighted by atomic mass is 35.5. The lowest BCUT2D eigenvalue weighted by molar-refractivity contribution is -0.0816. The Balaban J connectivity index is 1.28. The van der Waals surface area contributed by atoms with E-state index >= 15 is 0 Å². The molecule has 2 saturated heterocycles. The number of rotatable bonds is 5. The summed E-state index contributed by atoms with van der Waals surface area (Å²) < 4.78 is 8.09. The Bertz CT molecular complexity index is 1420. The number of aromatic nitrogens is 2. The summed E-state index contributed by atoms with van der Waals surface area (Å²) in [6.45, 7) is 7.67. The molecule has 0 aliphatic carbocycles. The van der Waals surface area contributed by atoms with Crippen LogP contribution in [0, 0.1) is 0 Å². The van der Waals surface area contributed by atoms with E-state index in [0.29, 0.717) is 24.2 Å². The number of halogens is 1. The van der Waals surface area contributed by atoms with E-state index in [9.17, 15) is 4.79 Å². The second kappa shape index (κ2) is 9.93. The van der Waals surface area contributed by atoms with Crippen LogP contribution in [0.15, 0.2) is 72.9 Å². The van der Waals surface area contributed by atoms with E-state index in [0.717, 1.165) is 47.8 Å². The lowest BCUT2D eigenvalue weighted by Crippen LogP contribution is -2.65. The van der Waals surface area contributed by atoms with Gasteiger partial charge in [0, 0.05) is 42.0 Å². The van der Waals surface area contributed by atoms with E-state index in [1.54, 1.807) is 0 Å². The number of hydrogen-bond acceptors (Lipinski definition) is 4. The van der Waals surface area contributed by atoms with Gasteiger partial charge in [-0.25, -0.2) is 4.98 Å². The minimum atomic E-state index is 0.0147. The highest BCUT2D eigenvalue weighted by molar-refractivity contribution is 6.30. The zero-order valence-corrected chi connectivity index (χ0v) is 21.9. The van der Waals surface area contributed by atoms with Crippen LogP contribution >= 0.6 is 11.6 Å². The van der Waals surface area contributed by atoms with Crippen molar-refractivity contribution in [1.82, 2.24) is 19.2 Å². The molecule has 190 valence electrons. The van der Waals surface area contributed by atoms with Gasteiger partial charge in [0.05, 0.1) is 36.7 Å². The molecule has 0 saturated carbocycles. The fourth-order valence-electron chi connectivity index (χ4n) is 5.64. The third kappa shape index (κ3) is 4.65. The molecule has 0 radical (unpaired) electrons. The number of imidazole rings is 1. The van der Waals surface area contributed by atoms with Crippen molar-refractivity contribution in [3.8, 4) is 11.3 Å². The predicted octanol–water partition coefficient (Wildman–Crippen LogP) is 5.50. The minimum absolute atomic E-state index is 0.0147. The lowest BCUT2D eigenvalue weighted by Gasteiger charge is -2.49. The van der Waals surface area contributed by atoms with Crippen molar-refractivity contribution in [2.75, 3.05) is 26.3 Å². The summed E-state index contributed by atoms with van der Waals surface area (Å²) in [6.07, 6.45) is 2.07. The number of benzene rings is 2. The van der Waals surface area contributed by atoms with Crippen molar-refractivity contribution in [3.05, 3.63) is 94.8 Å². The van der Waals surface area contributed by atoms with Gasteiger partial charge in [-0.05, 0) is 47.9 Å². The molecule has 6 nitrogen and oxygen atoms in total. The van der Waals surface area contributed by atoms with Crippen LogP contribution in [0.1, 0.15) is 41.4 Å². The number of hydrogen-bond donors (Lipinski definition) is 0. The normalized spacial score (nSPS) is 20.1. The summed E-state index contributed by atoms with van der Waals surface area (Å²) in [5.41, 5.74) is 6.03. The third-order valence-electron chi connectivity index (χ3n) is 7.50. The molecule has 2 aromatic heterocycles. The number of fused-ring (bicyclic) bond motifs is 3. The standard InChI is InChI=1S/C30H31ClN4O2/c1-20(2)22-6-5-7-23(14-22)30(36)35-25-15-33(16-26(35)19-37-18-25)17-27-29(21-9-11-24(31)12-10-21)32-28-8-3-4-13-34(27)28/h3-14,20,25-26H,15-19H2,1-2H3. The minimum Gasteiger partial charge on any atom is -0.377 e. The molecule has 4 heterocycles. The topological polar surface area (TPSA) is 50.1 Å². The molecule has 0 spiro atoms. The molecule has 6 rings (SSSR count). The number of amides is 1. The van der Waals surface area contributed by atoms with Crippen molar-refractivity contribution in [3.63, 3.8) is 0 Å². The Morgan fingerprint density at radius 1 is 1.03 bits per heavy atom. The van der Waals surface area contributed by atoms with Crippen molar-refractivity contribution in [2.24, 2.45) is 0 Å². The van der Waals surface area contributed by atoms with E-state index in [1.165, 1.54) is 5.56 Å². The van der Waals surface area contributed by atoms with E-state index in [1.807, 2.05) is 60.7 Å². The Morgan fingerprint density at radius 3 is 2.51 bits per heavy atom. The molecule has 2 aromatic carbocycles. The van der Waals surface area contributed by atoms with Crippen LogP contribution in [0.3, 0.4) is 0 Å². The van der Waals surface area contributed by atoms with Crippen LogP contribution in [0.4, 0.5) is 0 Å². The van der Waals surface area contributed by atoms with Gasteiger partial charge in [-0.3, -0.25) is 9.69 Å². The van der Waals surface area contributed by atoms with Gasteiger partial charge in [-0.2, -0.15) is 0 Å². The Morgan fingerprint density at radius 2 is 1.78 bits per heavy atom. The number of morpholine rings is 1. The number of carbonyl (C=O) groups excluding carboxylic acids is 1. The van der Waals surface area contributed by atoms with Gasteiger partial charge in [-0.1, -0.05) is 55.8 Å². The van der Waals surface area contributed by atoms with E-state index in [-0.39, 0.29) is 18.0 Å². The highest BCUT2D eigenvalue weighted by Gasteiger charge is 2.41. The summed E-state index contributed by atoms with van der Waals surface area (Å²) >= 11 is 6.16. The van der Waals surface area contributed by atoms with Gasteiger partial charge in [0.2, 0.25) is 0 Å². The van der Waals surface area contributed by atoms with Crippen LogP contribution in [0.5, 0.6) is 0 Å². The first-order valence-corrected chi connectivity index (χ1v) is 13.3. The molecule has 2 atom stereocenters. The third-order valence-corrected chi connectivity index (χ3v) is 7.75. The maximum Gasteiger partial charge on any atom is 0.254 e. The smallest absolute Gasteiger partial charge is 0.254 e. The molecule has 2 aliphatic rings. The monoisotopic (exact) mass is 514 g/mol. The van der Waals surface area contributed by atoms with Gasteiger partial charge in [0.1, 0.15) is 5.65 Å². The number of pyridine rings is 1. The first-order valence-electron chi connectivity index (χ1n) is 12.9.